The SMILES string of the molecule is CCCCCCCCCN(CCCCCCCCC)CCCN(CCCCCCCCC)CCCCCC(=O)Nc1nc(OCCCC)nc2c1[nH]c(=O)n2CCCN(CCCN1CCOCC1)Cc1cccc(C(=O)OC)c1. The number of hydrogen-bond donors (Lipinski definition) is 2. The summed E-state index contributed by atoms with van der Waals surface area (Å²) in [5.74, 6) is -0.202. The summed E-state index contributed by atoms with van der Waals surface area (Å²) in [6.45, 7) is 23.5. The Balaban J connectivity index is 1.34. The van der Waals surface area contributed by atoms with E-state index in [0.717, 1.165) is 103 Å². The summed E-state index contributed by atoms with van der Waals surface area (Å²) in [5, 5.41) is 3.05. The molecule has 2 N–H and O–H groups in total. The molecule has 1 aliphatic heterocycles. The van der Waals surface area contributed by atoms with Gasteiger partial charge in [0.15, 0.2) is 11.5 Å². The van der Waals surface area contributed by atoms with Crippen LogP contribution in [-0.4, -0.2) is 150 Å². The molecule has 0 atom stereocenters. The van der Waals surface area contributed by atoms with E-state index in [1.165, 1.54) is 168 Å². The zero-order valence-electron chi connectivity index (χ0n) is 50.9. The Morgan fingerprint density at radius 2 is 1.11 bits per heavy atom. The number of rotatable bonds is 50. The number of nitrogens with zero attached hydrogens (tertiary/aromatic N) is 7. The maximum atomic E-state index is 13.7. The van der Waals surface area contributed by atoms with Crippen molar-refractivity contribution in [3.63, 3.8) is 0 Å². The van der Waals surface area contributed by atoms with Crippen molar-refractivity contribution in [2.45, 2.75) is 233 Å². The number of carbonyl (C=O) groups excluding carboxylic acids is 2. The Hall–Kier alpha value is -3.89. The van der Waals surface area contributed by atoms with E-state index in [2.05, 4.69) is 62.6 Å². The lowest BCUT2D eigenvalue weighted by atomic mass is 10.1. The molecule has 0 radical (unpaired) electrons. The minimum atomic E-state index is -0.355. The van der Waals surface area contributed by atoms with E-state index in [9.17, 15) is 14.4 Å². The quantitative estimate of drug-likeness (QED) is 0.0409. The molecule has 1 amide bonds. The molecule has 1 aromatic carbocycles. The van der Waals surface area contributed by atoms with Gasteiger partial charge in [-0.05, 0) is 128 Å². The average molecular weight is 1100 g/mol. The number of anilines is 1. The van der Waals surface area contributed by atoms with Crippen molar-refractivity contribution in [2.75, 3.05) is 104 Å². The Labute approximate surface area is 479 Å². The number of aromatic nitrogens is 4. The molecular formula is C64H113N9O6. The van der Waals surface area contributed by atoms with Gasteiger partial charge in [0.1, 0.15) is 5.52 Å². The van der Waals surface area contributed by atoms with Crippen LogP contribution >= 0.6 is 0 Å². The topological polar surface area (TPSA) is 150 Å². The number of imidazole rings is 1. The van der Waals surface area contributed by atoms with Gasteiger partial charge in [-0.15, -0.1) is 0 Å². The average Bonchev–Trinajstić information content (AvgIpc) is 3.85. The highest BCUT2D eigenvalue weighted by atomic mass is 16.5. The zero-order valence-corrected chi connectivity index (χ0v) is 50.9. The summed E-state index contributed by atoms with van der Waals surface area (Å²) in [6.07, 6.45) is 36.2. The number of aromatic amines is 1. The minimum absolute atomic E-state index is 0.126. The van der Waals surface area contributed by atoms with Gasteiger partial charge >= 0.3 is 17.7 Å². The number of esters is 1. The van der Waals surface area contributed by atoms with Crippen molar-refractivity contribution in [2.24, 2.45) is 0 Å². The molecule has 2 aromatic heterocycles. The normalized spacial score (nSPS) is 13.2. The van der Waals surface area contributed by atoms with Crippen molar-refractivity contribution < 1.29 is 23.8 Å². The van der Waals surface area contributed by atoms with Gasteiger partial charge in [0.05, 0.1) is 32.5 Å². The van der Waals surface area contributed by atoms with Crippen molar-refractivity contribution in [1.82, 2.24) is 39.1 Å². The first-order valence-corrected chi connectivity index (χ1v) is 32.4. The van der Waals surface area contributed by atoms with Gasteiger partial charge in [0, 0.05) is 39.1 Å². The van der Waals surface area contributed by atoms with Gasteiger partial charge in [-0.3, -0.25) is 19.2 Å². The smallest absolute Gasteiger partial charge is 0.337 e. The highest BCUT2D eigenvalue weighted by molar-refractivity contribution is 5.97. The number of fused-ring (bicyclic) bond motifs is 1. The van der Waals surface area contributed by atoms with Gasteiger partial charge in [0.25, 0.3) is 0 Å². The molecule has 3 heterocycles. The molecule has 1 aliphatic rings. The van der Waals surface area contributed by atoms with Gasteiger partial charge in [-0.25, -0.2) is 9.59 Å². The number of ether oxygens (including phenoxy) is 3. The third-order valence-electron chi connectivity index (χ3n) is 15.8. The second kappa shape index (κ2) is 43.8. The monoisotopic (exact) mass is 1100 g/mol. The van der Waals surface area contributed by atoms with Gasteiger partial charge in [-0.2, -0.15) is 9.97 Å². The predicted molar refractivity (Wildman–Crippen MR) is 327 cm³/mol. The molecule has 0 spiro atoms. The van der Waals surface area contributed by atoms with Gasteiger partial charge < -0.3 is 34.3 Å². The minimum Gasteiger partial charge on any atom is -0.465 e. The third-order valence-corrected chi connectivity index (χ3v) is 15.8. The highest BCUT2D eigenvalue weighted by Crippen LogP contribution is 2.23. The molecule has 15 heteroatoms. The summed E-state index contributed by atoms with van der Waals surface area (Å²) in [5.41, 5.74) is 2.08. The van der Waals surface area contributed by atoms with Crippen LogP contribution in [0.5, 0.6) is 6.01 Å². The van der Waals surface area contributed by atoms with Crippen molar-refractivity contribution in [3.05, 3.63) is 45.9 Å². The summed E-state index contributed by atoms with van der Waals surface area (Å²) >= 11 is 0. The van der Waals surface area contributed by atoms with Crippen LogP contribution in [0.4, 0.5) is 5.82 Å². The lowest BCUT2D eigenvalue weighted by Gasteiger charge is -2.28. The third kappa shape index (κ3) is 29.6. The number of amides is 1. The molecule has 0 bridgehead atoms. The van der Waals surface area contributed by atoms with Crippen LogP contribution in [0.15, 0.2) is 29.1 Å². The van der Waals surface area contributed by atoms with E-state index in [0.29, 0.717) is 55.8 Å². The Kier molecular flexibility index (Phi) is 37.5. The van der Waals surface area contributed by atoms with Crippen LogP contribution in [-0.2, 0) is 27.4 Å². The maximum absolute atomic E-state index is 13.7. The zero-order chi connectivity index (χ0) is 56.4. The fraction of sp³-hybridized carbons (Fsp3) is 0.797. The first kappa shape index (κ1) is 67.6. The number of H-pyrrole nitrogens is 1. The van der Waals surface area contributed by atoms with E-state index in [1.54, 1.807) is 10.6 Å². The fourth-order valence-electron chi connectivity index (χ4n) is 11.0. The molecule has 4 rings (SSSR count). The molecule has 1 fully saturated rings. The second-order valence-corrected chi connectivity index (χ2v) is 22.7. The number of morpholine rings is 1. The standard InChI is InChI=1S/C64H113N9O6/c1-6-10-14-17-20-23-28-39-69(40-29-24-21-18-15-11-7-2)43-33-44-70(41-30-25-22-19-16-12-8-3)42-31-26-27-38-58(74)65-60-59-61(68-63(67-60)79-51-13-9-4)73(64(76)66-59)48-35-47-72(46-34-45-71-49-52-78-53-50-71)55-56-36-32-37-57(54-56)62(75)77-5/h32,36-37,54H,6-31,33-35,38-53,55H2,1-5H3,(H,66,76)(H,65,67,68,74). The number of hydrogen-bond acceptors (Lipinski definition) is 12. The number of aryl methyl sites for hydroxylation is 1. The van der Waals surface area contributed by atoms with Crippen LogP contribution in [0.25, 0.3) is 11.2 Å². The number of benzene rings is 1. The Bertz CT molecular complexity index is 2060. The molecule has 450 valence electrons. The largest absolute Gasteiger partial charge is 0.465 e. The Morgan fingerprint density at radius 1 is 0.608 bits per heavy atom. The summed E-state index contributed by atoms with van der Waals surface area (Å²) in [6, 6.07) is 7.76. The fourth-order valence-corrected chi connectivity index (χ4v) is 11.0. The van der Waals surface area contributed by atoms with Crippen LogP contribution < -0.4 is 15.7 Å². The lowest BCUT2D eigenvalue weighted by Crippen LogP contribution is -2.38. The van der Waals surface area contributed by atoms with Crippen molar-refractivity contribution in [1.29, 1.82) is 0 Å². The molecule has 0 unspecified atom stereocenters. The van der Waals surface area contributed by atoms with Crippen LogP contribution in [0, 0.1) is 0 Å². The first-order valence-electron chi connectivity index (χ1n) is 32.4. The summed E-state index contributed by atoms with van der Waals surface area (Å²) in [7, 11) is 1.40. The van der Waals surface area contributed by atoms with Crippen LogP contribution in [0.1, 0.15) is 236 Å². The number of carbonyl (C=O) groups is 2. The molecule has 0 aliphatic carbocycles. The second-order valence-electron chi connectivity index (χ2n) is 22.7. The van der Waals surface area contributed by atoms with E-state index in [-0.39, 0.29) is 29.4 Å². The highest BCUT2D eigenvalue weighted by Gasteiger charge is 2.20. The summed E-state index contributed by atoms with van der Waals surface area (Å²) < 4.78 is 18.2. The van der Waals surface area contributed by atoms with Crippen molar-refractivity contribution in [3.8, 4) is 6.01 Å². The van der Waals surface area contributed by atoms with Gasteiger partial charge in [0.2, 0.25) is 5.91 Å². The molecule has 79 heavy (non-hydrogen) atoms. The Morgan fingerprint density at radius 3 is 1.67 bits per heavy atom. The maximum Gasteiger partial charge on any atom is 0.337 e. The molecule has 1 saturated heterocycles. The van der Waals surface area contributed by atoms with Crippen LogP contribution in [0.3, 0.4) is 0 Å². The number of methoxy groups -OCH3 is 1. The van der Waals surface area contributed by atoms with E-state index >= 15 is 0 Å². The van der Waals surface area contributed by atoms with E-state index in [1.807, 2.05) is 18.2 Å². The van der Waals surface area contributed by atoms with Crippen LogP contribution in [0.2, 0.25) is 0 Å². The number of nitrogens with one attached hydrogen (secondary N) is 2. The molecular weight excluding hydrogens is 991 g/mol. The van der Waals surface area contributed by atoms with E-state index < -0.39 is 0 Å². The van der Waals surface area contributed by atoms with Gasteiger partial charge in [-0.1, -0.05) is 168 Å². The van der Waals surface area contributed by atoms with E-state index in [4.69, 9.17) is 19.2 Å². The number of unbranched alkanes of at least 4 members (excludes halogenated alkanes) is 21. The predicted octanol–water partition coefficient (Wildman–Crippen LogP) is 13.4. The molecule has 0 saturated carbocycles. The molecule has 15 nitrogen and oxygen atoms in total. The first-order chi connectivity index (χ1) is 38.8. The van der Waals surface area contributed by atoms with Crippen molar-refractivity contribution >= 4 is 28.9 Å². The molecule has 3 aromatic rings. The summed E-state index contributed by atoms with van der Waals surface area (Å²) in [4.78, 5) is 62.5. The lowest BCUT2D eigenvalue weighted by molar-refractivity contribution is -0.116.